The van der Waals surface area contributed by atoms with Crippen molar-refractivity contribution in [1.82, 2.24) is 0 Å². The fourth-order valence-corrected chi connectivity index (χ4v) is 9.80. The fraction of sp³-hybridized carbons (Fsp3) is 0.767. The molecule has 0 aliphatic rings. The molecule has 0 amide bonds. The highest BCUT2D eigenvalue weighted by molar-refractivity contribution is 5.71. The number of hydrogen-bond acceptors (Lipinski definition) is 6. The van der Waals surface area contributed by atoms with Gasteiger partial charge < -0.3 is 14.2 Å². The van der Waals surface area contributed by atoms with Gasteiger partial charge in [-0.05, 0) is 96.3 Å². The molecule has 0 rings (SSSR count). The standard InChI is InChI=1S/C73H128O6/c1-4-7-10-13-15-17-19-21-23-25-27-29-31-32-33-34-35-36-37-38-39-40-42-43-45-47-49-51-53-55-57-60-63-66-72(75)78-69-70(68-77-71(74)65-62-59-12-9-6-3)79-73(76)67-64-61-58-56-54-52-50-48-46-44-41-30-28-26-24-22-20-18-16-14-11-8-5-2/h8,11,16,18-19,21-22,24-25,27-28,30,44,46,70H,4-7,9-10,12-15,17,20,23,26,29,31-43,45,47-69H2,1-3H3/b11-8-,18-16-,21-19-,24-22-,27-25-,30-28-,46-44-. The third-order valence-electron chi connectivity index (χ3n) is 14.9. The van der Waals surface area contributed by atoms with Crippen LogP contribution in [-0.2, 0) is 28.6 Å². The summed E-state index contributed by atoms with van der Waals surface area (Å²) in [4.78, 5) is 38.0. The van der Waals surface area contributed by atoms with E-state index in [0.29, 0.717) is 19.3 Å². The Morgan fingerprint density at radius 2 is 0.494 bits per heavy atom. The number of unbranched alkanes of at least 4 members (excludes halogenated alkanes) is 37. The molecular formula is C73H128O6. The SMILES string of the molecule is CC/C=C\C/C=C\C/C=C\C/C=C\C/C=C\CCCCCCCCCC(=O)OC(COC(=O)CCCCCCC)COC(=O)CCCCCCCCCCCCCCCCCCCCCCC/C=C\C/C=C\CCCCCCC. The normalized spacial score (nSPS) is 12.6. The molecule has 0 radical (unpaired) electrons. The second-order valence-corrected chi connectivity index (χ2v) is 22.7. The first kappa shape index (κ1) is 75.6. The quantitative estimate of drug-likeness (QED) is 0.0261. The van der Waals surface area contributed by atoms with E-state index in [2.05, 4.69) is 106 Å². The molecule has 0 bridgehead atoms. The van der Waals surface area contributed by atoms with E-state index in [1.807, 2.05) is 0 Å². The van der Waals surface area contributed by atoms with Gasteiger partial charge in [0, 0.05) is 19.3 Å². The molecule has 79 heavy (non-hydrogen) atoms. The Balaban J connectivity index is 3.96. The molecule has 6 heteroatoms. The number of allylic oxidation sites excluding steroid dienone is 14. The minimum absolute atomic E-state index is 0.0782. The Kier molecular flexibility index (Phi) is 64.2. The molecule has 0 saturated carbocycles. The summed E-state index contributed by atoms with van der Waals surface area (Å²) in [7, 11) is 0. The van der Waals surface area contributed by atoms with Gasteiger partial charge in [-0.1, -0.05) is 311 Å². The summed E-state index contributed by atoms with van der Waals surface area (Å²) in [6, 6.07) is 0. The molecule has 0 aromatic heterocycles. The van der Waals surface area contributed by atoms with Crippen molar-refractivity contribution >= 4 is 17.9 Å². The van der Waals surface area contributed by atoms with Crippen LogP contribution in [0.2, 0.25) is 0 Å². The van der Waals surface area contributed by atoms with Crippen LogP contribution in [0.15, 0.2) is 85.1 Å². The van der Waals surface area contributed by atoms with Gasteiger partial charge in [0.25, 0.3) is 0 Å². The van der Waals surface area contributed by atoms with E-state index in [9.17, 15) is 14.4 Å². The molecule has 0 fully saturated rings. The van der Waals surface area contributed by atoms with Gasteiger partial charge in [-0.2, -0.15) is 0 Å². The lowest BCUT2D eigenvalue weighted by molar-refractivity contribution is -0.167. The van der Waals surface area contributed by atoms with Crippen molar-refractivity contribution in [2.24, 2.45) is 0 Å². The number of esters is 3. The van der Waals surface area contributed by atoms with Gasteiger partial charge in [0.05, 0.1) is 0 Å². The van der Waals surface area contributed by atoms with Gasteiger partial charge in [-0.3, -0.25) is 14.4 Å². The molecule has 0 aromatic carbocycles. The summed E-state index contributed by atoms with van der Waals surface area (Å²) >= 11 is 0. The van der Waals surface area contributed by atoms with E-state index in [0.717, 1.165) is 109 Å². The number of carbonyl (C=O) groups excluding carboxylic acids is 3. The lowest BCUT2D eigenvalue weighted by atomic mass is 10.0. The predicted molar refractivity (Wildman–Crippen MR) is 344 cm³/mol. The van der Waals surface area contributed by atoms with Gasteiger partial charge in [-0.15, -0.1) is 0 Å². The molecule has 0 aliphatic carbocycles. The molecule has 1 atom stereocenters. The fourth-order valence-electron chi connectivity index (χ4n) is 9.80. The predicted octanol–water partition coefficient (Wildman–Crippen LogP) is 23.4. The van der Waals surface area contributed by atoms with Crippen LogP contribution < -0.4 is 0 Å². The minimum Gasteiger partial charge on any atom is -0.462 e. The van der Waals surface area contributed by atoms with Gasteiger partial charge in [0.1, 0.15) is 13.2 Å². The number of rotatable bonds is 62. The maximum atomic E-state index is 12.8. The van der Waals surface area contributed by atoms with Crippen LogP contribution in [-0.4, -0.2) is 37.2 Å². The number of carbonyl (C=O) groups is 3. The first-order chi connectivity index (χ1) is 39.0. The minimum atomic E-state index is -0.779. The molecule has 0 saturated heterocycles. The Morgan fingerprint density at radius 3 is 0.772 bits per heavy atom. The third kappa shape index (κ3) is 65.3. The van der Waals surface area contributed by atoms with E-state index in [-0.39, 0.29) is 31.1 Å². The Morgan fingerprint density at radius 1 is 0.266 bits per heavy atom. The first-order valence-corrected chi connectivity index (χ1v) is 34.1. The molecule has 0 N–H and O–H groups in total. The third-order valence-corrected chi connectivity index (χ3v) is 14.9. The van der Waals surface area contributed by atoms with Crippen LogP contribution in [0.4, 0.5) is 0 Å². The zero-order valence-electron chi connectivity index (χ0n) is 52.4. The van der Waals surface area contributed by atoms with Crippen LogP contribution in [0.1, 0.15) is 342 Å². The molecule has 0 aliphatic heterocycles. The maximum Gasteiger partial charge on any atom is 0.306 e. The van der Waals surface area contributed by atoms with Crippen molar-refractivity contribution < 1.29 is 28.6 Å². The van der Waals surface area contributed by atoms with Crippen LogP contribution >= 0.6 is 0 Å². The molecule has 456 valence electrons. The second kappa shape index (κ2) is 67.1. The average molecular weight is 1100 g/mol. The molecule has 0 aromatic rings. The lowest BCUT2D eigenvalue weighted by Gasteiger charge is -2.18. The van der Waals surface area contributed by atoms with Crippen molar-refractivity contribution in [1.29, 1.82) is 0 Å². The molecule has 1 unspecified atom stereocenters. The molecular weight excluding hydrogens is 973 g/mol. The zero-order chi connectivity index (χ0) is 57.1. The van der Waals surface area contributed by atoms with Gasteiger partial charge in [-0.25, -0.2) is 0 Å². The Labute approximate surface area is 490 Å². The summed E-state index contributed by atoms with van der Waals surface area (Å²) in [5.74, 6) is -0.891. The van der Waals surface area contributed by atoms with Crippen LogP contribution in [0, 0.1) is 0 Å². The van der Waals surface area contributed by atoms with Crippen molar-refractivity contribution in [3.05, 3.63) is 85.1 Å². The lowest BCUT2D eigenvalue weighted by Crippen LogP contribution is -2.30. The largest absolute Gasteiger partial charge is 0.462 e. The van der Waals surface area contributed by atoms with E-state index >= 15 is 0 Å². The van der Waals surface area contributed by atoms with Gasteiger partial charge >= 0.3 is 17.9 Å². The highest BCUT2D eigenvalue weighted by Gasteiger charge is 2.19. The molecule has 0 heterocycles. The van der Waals surface area contributed by atoms with Crippen LogP contribution in [0.5, 0.6) is 0 Å². The summed E-state index contributed by atoms with van der Waals surface area (Å²) in [5.41, 5.74) is 0. The smallest absolute Gasteiger partial charge is 0.306 e. The van der Waals surface area contributed by atoms with E-state index in [1.54, 1.807) is 0 Å². The summed E-state index contributed by atoms with van der Waals surface area (Å²) < 4.78 is 16.8. The Bertz CT molecular complexity index is 1500. The van der Waals surface area contributed by atoms with Crippen molar-refractivity contribution in [3.63, 3.8) is 0 Å². The van der Waals surface area contributed by atoms with Gasteiger partial charge in [0.2, 0.25) is 0 Å². The zero-order valence-corrected chi connectivity index (χ0v) is 52.4. The first-order valence-electron chi connectivity index (χ1n) is 34.1. The van der Waals surface area contributed by atoms with Crippen molar-refractivity contribution in [2.45, 2.75) is 348 Å². The van der Waals surface area contributed by atoms with Crippen LogP contribution in [0.3, 0.4) is 0 Å². The number of hydrogen-bond donors (Lipinski definition) is 0. The van der Waals surface area contributed by atoms with E-state index < -0.39 is 6.10 Å². The van der Waals surface area contributed by atoms with Gasteiger partial charge in [0.15, 0.2) is 6.10 Å². The summed E-state index contributed by atoms with van der Waals surface area (Å²) in [6.07, 6.45) is 89.5. The Hall–Kier alpha value is -3.41. The monoisotopic (exact) mass is 1100 g/mol. The summed E-state index contributed by atoms with van der Waals surface area (Å²) in [5, 5.41) is 0. The number of ether oxygens (including phenoxy) is 3. The second-order valence-electron chi connectivity index (χ2n) is 22.7. The topological polar surface area (TPSA) is 78.9 Å². The van der Waals surface area contributed by atoms with Crippen LogP contribution in [0.25, 0.3) is 0 Å². The highest BCUT2D eigenvalue weighted by Crippen LogP contribution is 2.17. The maximum absolute atomic E-state index is 12.8. The van der Waals surface area contributed by atoms with Crippen molar-refractivity contribution in [2.75, 3.05) is 13.2 Å². The molecule has 6 nitrogen and oxygen atoms in total. The highest BCUT2D eigenvalue weighted by atomic mass is 16.6. The van der Waals surface area contributed by atoms with Crippen molar-refractivity contribution in [3.8, 4) is 0 Å². The molecule has 0 spiro atoms. The van der Waals surface area contributed by atoms with E-state index in [4.69, 9.17) is 14.2 Å². The summed E-state index contributed by atoms with van der Waals surface area (Å²) in [6.45, 7) is 6.46. The average Bonchev–Trinajstić information content (AvgIpc) is 3.45. The van der Waals surface area contributed by atoms with E-state index in [1.165, 1.54) is 193 Å².